The topological polar surface area (TPSA) is 54.0 Å². The minimum Gasteiger partial charge on any atom is -0.354 e. The molecule has 0 aliphatic rings. The van der Waals surface area contributed by atoms with E-state index in [4.69, 9.17) is 0 Å². The Balaban J connectivity index is 1.71. The summed E-state index contributed by atoms with van der Waals surface area (Å²) in [6.45, 7) is 4.81. The van der Waals surface area contributed by atoms with E-state index in [0.717, 1.165) is 16.9 Å². The number of anilines is 2. The van der Waals surface area contributed by atoms with Crippen LogP contribution in [0, 0.1) is 0 Å². The third-order valence-corrected chi connectivity index (χ3v) is 4.16. The number of hydrogen-bond donors (Lipinski definition) is 2. The van der Waals surface area contributed by atoms with Crippen LogP contribution in [0.4, 0.5) is 11.4 Å². The lowest BCUT2D eigenvalue weighted by Crippen LogP contribution is -2.23. The van der Waals surface area contributed by atoms with Gasteiger partial charge < -0.3 is 10.6 Å². The van der Waals surface area contributed by atoms with E-state index in [1.54, 1.807) is 12.4 Å². The SMILES string of the molecule is CC(C)c1ccccc1Nc1cncc(C(=O)NCc2ccccc2)c1. The van der Waals surface area contributed by atoms with Crippen molar-refractivity contribution in [1.29, 1.82) is 0 Å². The summed E-state index contributed by atoms with van der Waals surface area (Å²) in [6, 6.07) is 19.8. The van der Waals surface area contributed by atoms with Gasteiger partial charge in [-0.3, -0.25) is 9.78 Å². The zero-order valence-electron chi connectivity index (χ0n) is 15.1. The summed E-state index contributed by atoms with van der Waals surface area (Å²) in [5.41, 5.74) is 4.66. The molecule has 4 nitrogen and oxygen atoms in total. The molecule has 0 saturated heterocycles. The molecule has 1 heterocycles. The van der Waals surface area contributed by atoms with Crippen molar-refractivity contribution in [1.82, 2.24) is 10.3 Å². The number of amides is 1. The molecule has 1 amide bonds. The first kappa shape index (κ1) is 17.7. The maximum absolute atomic E-state index is 12.4. The molecule has 0 bridgehead atoms. The fourth-order valence-corrected chi connectivity index (χ4v) is 2.78. The van der Waals surface area contributed by atoms with Gasteiger partial charge in [0, 0.05) is 18.4 Å². The highest BCUT2D eigenvalue weighted by Crippen LogP contribution is 2.26. The Morgan fingerprint density at radius 1 is 1.00 bits per heavy atom. The molecule has 4 heteroatoms. The van der Waals surface area contributed by atoms with Gasteiger partial charge in [-0.15, -0.1) is 0 Å². The number of aromatic nitrogens is 1. The van der Waals surface area contributed by atoms with Crippen molar-refractivity contribution < 1.29 is 4.79 Å². The molecule has 2 aromatic carbocycles. The maximum atomic E-state index is 12.4. The molecule has 3 aromatic rings. The van der Waals surface area contributed by atoms with Crippen LogP contribution in [-0.4, -0.2) is 10.9 Å². The van der Waals surface area contributed by atoms with Crippen LogP contribution in [0.25, 0.3) is 0 Å². The number of pyridine rings is 1. The third-order valence-electron chi connectivity index (χ3n) is 4.16. The minimum atomic E-state index is -0.137. The summed E-state index contributed by atoms with van der Waals surface area (Å²) in [5.74, 6) is 0.270. The zero-order valence-corrected chi connectivity index (χ0v) is 15.1. The van der Waals surface area contributed by atoms with E-state index >= 15 is 0 Å². The van der Waals surface area contributed by atoms with Crippen LogP contribution < -0.4 is 10.6 Å². The van der Waals surface area contributed by atoms with Crippen molar-refractivity contribution in [3.8, 4) is 0 Å². The predicted octanol–water partition coefficient (Wildman–Crippen LogP) is 4.88. The molecule has 2 N–H and O–H groups in total. The van der Waals surface area contributed by atoms with Crippen molar-refractivity contribution in [3.05, 3.63) is 89.7 Å². The third kappa shape index (κ3) is 4.48. The second kappa shape index (κ2) is 8.30. The molecular formula is C22H23N3O. The van der Waals surface area contributed by atoms with Crippen molar-refractivity contribution in [3.63, 3.8) is 0 Å². The summed E-state index contributed by atoms with van der Waals surface area (Å²) in [6.07, 6.45) is 3.31. The van der Waals surface area contributed by atoms with E-state index in [2.05, 4.69) is 35.5 Å². The number of carbonyl (C=O) groups is 1. The first-order valence-corrected chi connectivity index (χ1v) is 8.76. The monoisotopic (exact) mass is 345 g/mol. The Morgan fingerprint density at radius 2 is 1.73 bits per heavy atom. The molecule has 0 radical (unpaired) electrons. The van der Waals surface area contributed by atoms with Crippen molar-refractivity contribution in [2.45, 2.75) is 26.3 Å². The summed E-state index contributed by atoms with van der Waals surface area (Å²) >= 11 is 0. The predicted molar refractivity (Wildman–Crippen MR) is 106 cm³/mol. The summed E-state index contributed by atoms with van der Waals surface area (Å²) in [4.78, 5) is 16.6. The van der Waals surface area contributed by atoms with Crippen LogP contribution in [0.2, 0.25) is 0 Å². The largest absolute Gasteiger partial charge is 0.354 e. The van der Waals surface area contributed by atoms with Gasteiger partial charge in [0.1, 0.15) is 0 Å². The average Bonchev–Trinajstić information content (AvgIpc) is 2.67. The number of rotatable bonds is 6. The molecule has 26 heavy (non-hydrogen) atoms. The zero-order chi connectivity index (χ0) is 18.4. The van der Waals surface area contributed by atoms with Crippen LogP contribution in [0.3, 0.4) is 0 Å². The lowest BCUT2D eigenvalue weighted by molar-refractivity contribution is 0.0950. The Morgan fingerprint density at radius 3 is 2.50 bits per heavy atom. The smallest absolute Gasteiger partial charge is 0.253 e. The summed E-state index contributed by atoms with van der Waals surface area (Å²) < 4.78 is 0. The van der Waals surface area contributed by atoms with Gasteiger partial charge in [0.15, 0.2) is 0 Å². The fourth-order valence-electron chi connectivity index (χ4n) is 2.78. The Labute approximate surface area is 154 Å². The number of carbonyl (C=O) groups excluding carboxylic acids is 1. The number of nitrogens with one attached hydrogen (secondary N) is 2. The highest BCUT2D eigenvalue weighted by Gasteiger charge is 2.09. The van der Waals surface area contributed by atoms with Crippen LogP contribution >= 0.6 is 0 Å². The highest BCUT2D eigenvalue weighted by molar-refractivity contribution is 5.94. The first-order valence-electron chi connectivity index (χ1n) is 8.76. The van der Waals surface area contributed by atoms with Crippen LogP contribution in [0.5, 0.6) is 0 Å². The molecule has 0 saturated carbocycles. The second-order valence-corrected chi connectivity index (χ2v) is 6.50. The van der Waals surface area contributed by atoms with Gasteiger partial charge in [0.05, 0.1) is 17.4 Å². The van der Waals surface area contributed by atoms with E-state index < -0.39 is 0 Å². The molecular weight excluding hydrogens is 322 g/mol. The van der Waals surface area contributed by atoms with Gasteiger partial charge in [0.25, 0.3) is 5.91 Å². The van der Waals surface area contributed by atoms with Crippen LogP contribution in [0.1, 0.15) is 41.3 Å². The van der Waals surface area contributed by atoms with E-state index in [-0.39, 0.29) is 5.91 Å². The normalized spacial score (nSPS) is 10.6. The molecule has 0 aliphatic heterocycles. The minimum absolute atomic E-state index is 0.137. The molecule has 0 unspecified atom stereocenters. The summed E-state index contributed by atoms with van der Waals surface area (Å²) in [7, 11) is 0. The van der Waals surface area contributed by atoms with Gasteiger partial charge in [-0.1, -0.05) is 62.4 Å². The van der Waals surface area contributed by atoms with Crippen LogP contribution in [-0.2, 0) is 6.54 Å². The Hall–Kier alpha value is -3.14. The highest BCUT2D eigenvalue weighted by atomic mass is 16.1. The number of nitrogens with zero attached hydrogens (tertiary/aromatic N) is 1. The van der Waals surface area contributed by atoms with E-state index in [1.165, 1.54) is 5.56 Å². The second-order valence-electron chi connectivity index (χ2n) is 6.50. The van der Waals surface area contributed by atoms with Crippen molar-refractivity contribution >= 4 is 17.3 Å². The molecule has 0 aliphatic carbocycles. The standard InChI is InChI=1S/C22H23N3O/c1-16(2)20-10-6-7-11-21(20)25-19-12-18(14-23-15-19)22(26)24-13-17-8-4-3-5-9-17/h3-12,14-16,25H,13H2,1-2H3,(H,24,26). The number of benzene rings is 2. The quantitative estimate of drug-likeness (QED) is 0.669. The van der Waals surface area contributed by atoms with Gasteiger partial charge in [-0.25, -0.2) is 0 Å². The number of hydrogen-bond acceptors (Lipinski definition) is 3. The fraction of sp³-hybridized carbons (Fsp3) is 0.182. The molecule has 0 fully saturated rings. The van der Waals surface area contributed by atoms with Gasteiger partial charge in [0.2, 0.25) is 0 Å². The van der Waals surface area contributed by atoms with Gasteiger partial charge >= 0.3 is 0 Å². The molecule has 132 valence electrons. The van der Waals surface area contributed by atoms with E-state index in [9.17, 15) is 4.79 Å². The first-order chi connectivity index (χ1) is 12.6. The van der Waals surface area contributed by atoms with Crippen LogP contribution in [0.15, 0.2) is 73.1 Å². The molecule has 0 spiro atoms. The maximum Gasteiger partial charge on any atom is 0.253 e. The van der Waals surface area contributed by atoms with Gasteiger partial charge in [-0.05, 0) is 29.2 Å². The molecule has 0 atom stereocenters. The lowest BCUT2D eigenvalue weighted by Gasteiger charge is -2.15. The van der Waals surface area contributed by atoms with Gasteiger partial charge in [-0.2, -0.15) is 0 Å². The van der Waals surface area contributed by atoms with Crippen molar-refractivity contribution in [2.24, 2.45) is 0 Å². The van der Waals surface area contributed by atoms with E-state index in [1.807, 2.05) is 54.6 Å². The Kier molecular flexibility index (Phi) is 5.64. The average molecular weight is 345 g/mol. The van der Waals surface area contributed by atoms with E-state index in [0.29, 0.717) is 18.0 Å². The summed E-state index contributed by atoms with van der Waals surface area (Å²) in [5, 5.41) is 6.31. The lowest BCUT2D eigenvalue weighted by atomic mass is 10.0. The van der Waals surface area contributed by atoms with Crippen molar-refractivity contribution in [2.75, 3.05) is 5.32 Å². The molecule has 3 rings (SSSR count). The number of para-hydroxylation sites is 1. The Bertz CT molecular complexity index is 875. The molecule has 1 aromatic heterocycles.